The summed E-state index contributed by atoms with van der Waals surface area (Å²) in [5.74, 6) is 1.17. The fraction of sp³-hybridized carbons (Fsp3) is 0.438. The van der Waals surface area contributed by atoms with Crippen molar-refractivity contribution in [3.8, 4) is 0 Å². The highest BCUT2D eigenvalue weighted by Gasteiger charge is 2.22. The van der Waals surface area contributed by atoms with E-state index in [4.69, 9.17) is 4.42 Å². The molecule has 4 nitrogen and oxygen atoms in total. The normalized spacial score (nSPS) is 16.9. The third-order valence-corrected chi connectivity index (χ3v) is 4.90. The molecule has 0 aliphatic carbocycles. The van der Waals surface area contributed by atoms with Crippen LogP contribution in [-0.2, 0) is 6.54 Å². The average molecular weight is 304 g/mol. The molecule has 0 atom stereocenters. The zero-order valence-electron chi connectivity index (χ0n) is 12.2. The smallest absolute Gasteiger partial charge is 0.264 e. The highest BCUT2D eigenvalue weighted by Crippen LogP contribution is 2.19. The first-order chi connectivity index (χ1) is 10.2. The lowest BCUT2D eigenvalue weighted by atomic mass is 10.2. The van der Waals surface area contributed by atoms with Crippen molar-refractivity contribution >= 4 is 17.2 Å². The number of hydrogen-bond acceptors (Lipinski definition) is 4. The minimum absolute atomic E-state index is 0.183. The van der Waals surface area contributed by atoms with Gasteiger partial charge in [-0.15, -0.1) is 11.3 Å². The Morgan fingerprint density at radius 1 is 1.29 bits per heavy atom. The van der Waals surface area contributed by atoms with Crippen LogP contribution >= 0.6 is 11.3 Å². The lowest BCUT2D eigenvalue weighted by molar-refractivity contribution is 0.0765. The molecule has 1 aliphatic heterocycles. The quantitative estimate of drug-likeness (QED) is 0.874. The first-order valence-corrected chi connectivity index (χ1v) is 8.20. The van der Waals surface area contributed by atoms with Gasteiger partial charge in [0.2, 0.25) is 0 Å². The van der Waals surface area contributed by atoms with E-state index in [2.05, 4.69) is 4.90 Å². The monoisotopic (exact) mass is 304 g/mol. The van der Waals surface area contributed by atoms with Gasteiger partial charge < -0.3 is 9.32 Å². The third-order valence-electron chi connectivity index (χ3n) is 3.89. The molecule has 0 N–H and O–H groups in total. The van der Waals surface area contributed by atoms with E-state index >= 15 is 0 Å². The van der Waals surface area contributed by atoms with Crippen LogP contribution in [0.4, 0.5) is 0 Å². The SMILES string of the molecule is Cc1ccsc1C(=O)N1CCCN(Cc2ccco2)CC1. The van der Waals surface area contributed by atoms with E-state index in [-0.39, 0.29) is 5.91 Å². The zero-order chi connectivity index (χ0) is 14.7. The first kappa shape index (κ1) is 14.4. The second kappa shape index (κ2) is 6.45. The molecule has 0 spiro atoms. The van der Waals surface area contributed by atoms with Crippen molar-refractivity contribution in [3.63, 3.8) is 0 Å². The molecule has 0 aromatic carbocycles. The molecular weight excluding hydrogens is 284 g/mol. The Labute approximate surface area is 129 Å². The van der Waals surface area contributed by atoms with Gasteiger partial charge >= 0.3 is 0 Å². The maximum atomic E-state index is 12.6. The molecule has 1 saturated heterocycles. The largest absolute Gasteiger partial charge is 0.468 e. The molecule has 0 bridgehead atoms. The standard InChI is InChI=1S/C16H20N2O2S/c1-13-5-11-21-15(13)16(19)18-7-3-6-17(8-9-18)12-14-4-2-10-20-14/h2,4-5,10-11H,3,6-9,12H2,1H3. The molecule has 1 aliphatic rings. The van der Waals surface area contributed by atoms with Crippen LogP contribution in [0.5, 0.6) is 0 Å². The van der Waals surface area contributed by atoms with Crippen molar-refractivity contribution in [2.45, 2.75) is 19.9 Å². The van der Waals surface area contributed by atoms with E-state index in [1.165, 1.54) is 0 Å². The molecular formula is C16H20N2O2S. The van der Waals surface area contributed by atoms with E-state index in [0.717, 1.165) is 55.3 Å². The van der Waals surface area contributed by atoms with Gasteiger partial charge in [0.05, 0.1) is 17.7 Å². The Morgan fingerprint density at radius 2 is 2.19 bits per heavy atom. The number of furan rings is 1. The number of aryl methyl sites for hydroxylation is 1. The van der Waals surface area contributed by atoms with Crippen LogP contribution < -0.4 is 0 Å². The second-order valence-corrected chi connectivity index (χ2v) is 6.35. The van der Waals surface area contributed by atoms with Crippen LogP contribution in [0.3, 0.4) is 0 Å². The van der Waals surface area contributed by atoms with Crippen LogP contribution in [0.25, 0.3) is 0 Å². The van der Waals surface area contributed by atoms with Gasteiger partial charge in [0.15, 0.2) is 0 Å². The summed E-state index contributed by atoms with van der Waals surface area (Å²) in [6, 6.07) is 5.93. The Morgan fingerprint density at radius 3 is 2.90 bits per heavy atom. The predicted molar refractivity (Wildman–Crippen MR) is 83.6 cm³/mol. The van der Waals surface area contributed by atoms with Crippen molar-refractivity contribution in [1.29, 1.82) is 0 Å². The summed E-state index contributed by atoms with van der Waals surface area (Å²) in [6.45, 7) is 6.37. The second-order valence-electron chi connectivity index (χ2n) is 5.43. The van der Waals surface area contributed by atoms with Crippen LogP contribution in [0, 0.1) is 6.92 Å². The summed E-state index contributed by atoms with van der Waals surface area (Å²) in [6.07, 6.45) is 2.72. The zero-order valence-corrected chi connectivity index (χ0v) is 13.1. The minimum atomic E-state index is 0.183. The molecule has 0 radical (unpaired) electrons. The minimum Gasteiger partial charge on any atom is -0.468 e. The summed E-state index contributed by atoms with van der Waals surface area (Å²) >= 11 is 1.54. The number of amides is 1. The fourth-order valence-electron chi connectivity index (χ4n) is 2.69. The van der Waals surface area contributed by atoms with Crippen LogP contribution in [0.2, 0.25) is 0 Å². The highest BCUT2D eigenvalue weighted by atomic mass is 32.1. The van der Waals surface area contributed by atoms with Crippen molar-refractivity contribution in [2.24, 2.45) is 0 Å². The van der Waals surface area contributed by atoms with E-state index in [1.807, 2.05) is 35.4 Å². The number of nitrogens with zero attached hydrogens (tertiary/aromatic N) is 2. The molecule has 1 amide bonds. The predicted octanol–water partition coefficient (Wildman–Crippen LogP) is 3.00. The van der Waals surface area contributed by atoms with Gasteiger partial charge in [-0.25, -0.2) is 0 Å². The summed E-state index contributed by atoms with van der Waals surface area (Å²) in [7, 11) is 0. The molecule has 2 aromatic heterocycles. The molecule has 21 heavy (non-hydrogen) atoms. The van der Waals surface area contributed by atoms with Gasteiger partial charge in [-0.05, 0) is 42.5 Å². The van der Waals surface area contributed by atoms with E-state index < -0.39 is 0 Å². The fourth-order valence-corrected chi connectivity index (χ4v) is 3.58. The Hall–Kier alpha value is -1.59. The lowest BCUT2D eigenvalue weighted by Gasteiger charge is -2.21. The van der Waals surface area contributed by atoms with Gasteiger partial charge in [0.1, 0.15) is 5.76 Å². The van der Waals surface area contributed by atoms with Gasteiger partial charge in [-0.3, -0.25) is 9.69 Å². The molecule has 3 heterocycles. The van der Waals surface area contributed by atoms with Crippen molar-refractivity contribution in [3.05, 3.63) is 46.0 Å². The number of rotatable bonds is 3. The maximum absolute atomic E-state index is 12.6. The molecule has 1 fully saturated rings. The number of carbonyl (C=O) groups excluding carboxylic acids is 1. The van der Waals surface area contributed by atoms with E-state index in [1.54, 1.807) is 17.6 Å². The molecule has 0 unspecified atom stereocenters. The summed E-state index contributed by atoms with van der Waals surface area (Å²) in [5, 5.41) is 1.99. The summed E-state index contributed by atoms with van der Waals surface area (Å²) in [4.78, 5) is 17.8. The Balaban J connectivity index is 1.60. The van der Waals surface area contributed by atoms with Crippen molar-refractivity contribution in [1.82, 2.24) is 9.80 Å². The third kappa shape index (κ3) is 3.36. The van der Waals surface area contributed by atoms with Crippen LogP contribution in [-0.4, -0.2) is 41.9 Å². The topological polar surface area (TPSA) is 36.7 Å². The maximum Gasteiger partial charge on any atom is 0.264 e. The Bertz CT molecular complexity index is 591. The lowest BCUT2D eigenvalue weighted by Crippen LogP contribution is -2.34. The molecule has 0 saturated carbocycles. The van der Waals surface area contributed by atoms with Gasteiger partial charge in [0.25, 0.3) is 5.91 Å². The van der Waals surface area contributed by atoms with E-state index in [9.17, 15) is 4.79 Å². The number of hydrogen-bond donors (Lipinski definition) is 0. The van der Waals surface area contributed by atoms with Gasteiger partial charge in [-0.1, -0.05) is 0 Å². The first-order valence-electron chi connectivity index (χ1n) is 7.32. The molecule has 3 rings (SSSR count). The van der Waals surface area contributed by atoms with Crippen LogP contribution in [0.1, 0.15) is 27.4 Å². The Kier molecular flexibility index (Phi) is 4.41. The van der Waals surface area contributed by atoms with Gasteiger partial charge in [-0.2, -0.15) is 0 Å². The van der Waals surface area contributed by atoms with Gasteiger partial charge in [0, 0.05) is 26.2 Å². The molecule has 5 heteroatoms. The summed E-state index contributed by atoms with van der Waals surface area (Å²) < 4.78 is 5.41. The van der Waals surface area contributed by atoms with Crippen molar-refractivity contribution in [2.75, 3.05) is 26.2 Å². The average Bonchev–Trinajstić information content (AvgIpc) is 3.07. The highest BCUT2D eigenvalue weighted by molar-refractivity contribution is 7.12. The van der Waals surface area contributed by atoms with Crippen LogP contribution in [0.15, 0.2) is 34.3 Å². The number of carbonyl (C=O) groups is 1. The van der Waals surface area contributed by atoms with Crippen molar-refractivity contribution < 1.29 is 9.21 Å². The summed E-state index contributed by atoms with van der Waals surface area (Å²) in [5.41, 5.74) is 1.08. The molecule has 112 valence electrons. The van der Waals surface area contributed by atoms with E-state index in [0.29, 0.717) is 0 Å². The number of thiophene rings is 1. The molecule has 2 aromatic rings.